The number of alkyl halides is 3. The molecule has 0 aromatic heterocycles. The molecule has 19 heavy (non-hydrogen) atoms. The first-order valence-corrected chi connectivity index (χ1v) is 5.64. The van der Waals surface area contributed by atoms with Crippen LogP contribution in [0.5, 0.6) is 0 Å². The van der Waals surface area contributed by atoms with E-state index in [1.54, 1.807) is 0 Å². The Labute approximate surface area is 110 Å². The van der Waals surface area contributed by atoms with E-state index in [4.69, 9.17) is 0 Å². The van der Waals surface area contributed by atoms with Crippen LogP contribution in [0.25, 0.3) is 0 Å². The minimum atomic E-state index is -4.48. The van der Waals surface area contributed by atoms with Crippen LogP contribution < -0.4 is 10.4 Å². The topological polar surface area (TPSA) is 69.2 Å². The van der Waals surface area contributed by atoms with E-state index in [1.807, 2.05) is 0 Å². The van der Waals surface area contributed by atoms with E-state index in [0.717, 1.165) is 0 Å². The average Bonchev–Trinajstić information content (AvgIpc) is 2.27. The van der Waals surface area contributed by atoms with E-state index in [9.17, 15) is 27.9 Å². The highest BCUT2D eigenvalue weighted by Crippen LogP contribution is 2.40. The lowest BCUT2D eigenvalue weighted by Crippen LogP contribution is -2.20. The van der Waals surface area contributed by atoms with Crippen LogP contribution >= 0.6 is 11.8 Å². The van der Waals surface area contributed by atoms with Crippen molar-refractivity contribution in [2.75, 3.05) is 5.32 Å². The first kappa shape index (κ1) is 15.1. The van der Waals surface area contributed by atoms with Crippen LogP contribution in [-0.2, 0) is 9.59 Å². The van der Waals surface area contributed by atoms with Gasteiger partial charge in [0.1, 0.15) is 0 Å². The maximum Gasteiger partial charge on any atom is 0.446 e. The summed E-state index contributed by atoms with van der Waals surface area (Å²) in [6.45, 7) is 0. The monoisotopic (exact) mass is 290 g/mol. The number of hydrogen-bond donors (Lipinski definition) is 1. The Morgan fingerprint density at radius 1 is 1.21 bits per heavy atom. The Kier molecular flexibility index (Phi) is 4.99. The summed E-state index contributed by atoms with van der Waals surface area (Å²) in [4.78, 5) is 21.1. The lowest BCUT2D eigenvalue weighted by molar-refractivity contribution is -0.297. The summed E-state index contributed by atoms with van der Waals surface area (Å²) in [5.74, 6) is -2.44. The molecule has 0 saturated heterocycles. The summed E-state index contributed by atoms with van der Waals surface area (Å²) >= 11 is -0.374. The maximum absolute atomic E-state index is 12.3. The third-order valence-electron chi connectivity index (χ3n) is 1.74. The van der Waals surface area contributed by atoms with E-state index in [1.165, 1.54) is 24.3 Å². The van der Waals surface area contributed by atoms with Gasteiger partial charge in [-0.1, -0.05) is 12.1 Å². The molecule has 0 aliphatic carbocycles. The second kappa shape index (κ2) is 6.28. The van der Waals surface area contributed by atoms with Gasteiger partial charge in [-0.25, -0.2) is 0 Å². The highest BCUT2D eigenvalue weighted by atomic mass is 32.2. The van der Waals surface area contributed by atoms with Crippen molar-refractivity contribution >= 4 is 29.3 Å². The number of carbonyl (C=O) groups is 2. The van der Waals surface area contributed by atoms with Crippen LogP contribution in [0.4, 0.5) is 18.9 Å². The number of halogens is 3. The zero-order chi connectivity index (χ0) is 14.5. The number of rotatable bonds is 4. The van der Waals surface area contributed by atoms with Crippen LogP contribution in [0.15, 0.2) is 41.3 Å². The maximum atomic E-state index is 12.3. The minimum Gasteiger partial charge on any atom is -0.545 e. The number of hydrogen-bond acceptors (Lipinski definition) is 4. The molecule has 0 aliphatic rings. The summed E-state index contributed by atoms with van der Waals surface area (Å²) < 4.78 is 36.8. The predicted molar refractivity (Wildman–Crippen MR) is 61.1 cm³/mol. The quantitative estimate of drug-likeness (QED) is 0.674. The smallest absolute Gasteiger partial charge is 0.446 e. The third kappa shape index (κ3) is 5.96. The van der Waals surface area contributed by atoms with Gasteiger partial charge in [0.25, 0.3) is 0 Å². The van der Waals surface area contributed by atoms with Gasteiger partial charge in [-0.05, 0) is 30.0 Å². The molecule has 0 atom stereocenters. The lowest BCUT2D eigenvalue weighted by atomic mass is 10.3. The average molecular weight is 290 g/mol. The lowest BCUT2D eigenvalue weighted by Gasteiger charge is -2.11. The second-order valence-electron chi connectivity index (χ2n) is 3.19. The normalized spacial score (nSPS) is 11.5. The molecule has 0 aliphatic heterocycles. The molecular weight excluding hydrogens is 283 g/mol. The largest absolute Gasteiger partial charge is 0.545 e. The molecule has 0 bridgehead atoms. The fourth-order valence-corrected chi connectivity index (χ4v) is 1.73. The number of thioether (sulfide) groups is 1. The van der Waals surface area contributed by atoms with Crippen LogP contribution in [0.3, 0.4) is 0 Å². The van der Waals surface area contributed by atoms with Gasteiger partial charge in [-0.3, -0.25) is 4.79 Å². The molecule has 1 rings (SSSR count). The Balaban J connectivity index is 2.84. The highest BCUT2D eigenvalue weighted by molar-refractivity contribution is 8.00. The van der Waals surface area contributed by atoms with Crippen LogP contribution in [0.2, 0.25) is 0 Å². The highest BCUT2D eigenvalue weighted by Gasteiger charge is 2.30. The van der Waals surface area contributed by atoms with E-state index in [2.05, 4.69) is 5.32 Å². The van der Waals surface area contributed by atoms with Crippen LogP contribution in [-0.4, -0.2) is 17.4 Å². The molecule has 0 saturated carbocycles. The number of nitrogens with one attached hydrogen (secondary N) is 1. The number of benzene rings is 1. The van der Waals surface area contributed by atoms with Crippen LogP contribution in [0.1, 0.15) is 0 Å². The van der Waals surface area contributed by atoms with Crippen molar-refractivity contribution in [3.8, 4) is 0 Å². The SMILES string of the molecule is O=C([O-])/C=C/C(=O)Nc1ccccc1SC(F)(F)F. The molecule has 0 radical (unpaired) electrons. The van der Waals surface area contributed by atoms with Gasteiger partial charge in [-0.2, -0.15) is 13.2 Å². The van der Waals surface area contributed by atoms with Gasteiger partial charge < -0.3 is 15.2 Å². The molecule has 0 heterocycles. The molecule has 8 heteroatoms. The molecule has 1 aromatic carbocycles. The molecule has 0 unspecified atom stereocenters. The molecule has 1 amide bonds. The van der Waals surface area contributed by atoms with Crippen molar-refractivity contribution < 1.29 is 27.9 Å². The molecule has 1 aromatic rings. The molecule has 0 fully saturated rings. The Morgan fingerprint density at radius 2 is 1.84 bits per heavy atom. The van der Waals surface area contributed by atoms with Gasteiger partial charge in [0.2, 0.25) is 5.91 Å². The molecule has 4 nitrogen and oxygen atoms in total. The van der Waals surface area contributed by atoms with Crippen molar-refractivity contribution in [3.05, 3.63) is 36.4 Å². The van der Waals surface area contributed by atoms with Crippen molar-refractivity contribution in [1.29, 1.82) is 0 Å². The molecule has 1 N–H and O–H groups in total. The standard InChI is InChI=1S/C11H8F3NO3S/c12-11(13,14)19-8-4-2-1-3-7(8)15-9(16)5-6-10(17)18/h1-6H,(H,15,16)(H,17,18)/p-1/b6-5+. The van der Waals surface area contributed by atoms with Gasteiger partial charge in [0.05, 0.1) is 11.7 Å². The number of carbonyl (C=O) groups excluding carboxylic acids is 2. The van der Waals surface area contributed by atoms with Gasteiger partial charge in [0, 0.05) is 11.0 Å². The summed E-state index contributed by atoms with van der Waals surface area (Å²) in [5, 5.41) is 12.2. The Hall–Kier alpha value is -1.96. The summed E-state index contributed by atoms with van der Waals surface area (Å²) in [6.07, 6.45) is 1.14. The number of amides is 1. The van der Waals surface area contributed by atoms with Crippen molar-refractivity contribution in [1.82, 2.24) is 0 Å². The van der Waals surface area contributed by atoms with Crippen molar-refractivity contribution in [2.45, 2.75) is 10.4 Å². The van der Waals surface area contributed by atoms with Gasteiger partial charge in [0.15, 0.2) is 0 Å². The van der Waals surface area contributed by atoms with E-state index < -0.39 is 17.4 Å². The van der Waals surface area contributed by atoms with E-state index >= 15 is 0 Å². The molecular formula is C11H7F3NO3S-. The van der Waals surface area contributed by atoms with Gasteiger partial charge in [-0.15, -0.1) is 0 Å². The Morgan fingerprint density at radius 3 is 2.42 bits per heavy atom. The zero-order valence-corrected chi connectivity index (χ0v) is 10.0. The third-order valence-corrected chi connectivity index (χ3v) is 2.55. The summed E-state index contributed by atoms with van der Waals surface area (Å²) in [5.41, 5.74) is -4.54. The van der Waals surface area contributed by atoms with E-state index in [-0.39, 0.29) is 22.3 Å². The number of anilines is 1. The molecule has 102 valence electrons. The minimum absolute atomic E-state index is 0.0576. The van der Waals surface area contributed by atoms with Crippen molar-refractivity contribution in [3.63, 3.8) is 0 Å². The van der Waals surface area contributed by atoms with Gasteiger partial charge >= 0.3 is 5.51 Å². The predicted octanol–water partition coefficient (Wildman–Crippen LogP) is 1.54. The fourth-order valence-electron chi connectivity index (χ4n) is 1.10. The number of carboxylic acid groups (broad SMARTS) is 1. The first-order valence-electron chi connectivity index (χ1n) is 4.83. The van der Waals surface area contributed by atoms with E-state index in [0.29, 0.717) is 12.2 Å². The van der Waals surface area contributed by atoms with Crippen molar-refractivity contribution in [2.24, 2.45) is 0 Å². The second-order valence-corrected chi connectivity index (χ2v) is 4.29. The fraction of sp³-hybridized carbons (Fsp3) is 0.0909. The number of aliphatic carboxylic acids is 1. The Bertz CT molecular complexity index is 514. The number of para-hydroxylation sites is 1. The molecule has 0 spiro atoms. The van der Waals surface area contributed by atoms with Crippen LogP contribution in [0, 0.1) is 0 Å². The first-order chi connectivity index (χ1) is 8.78. The summed E-state index contributed by atoms with van der Waals surface area (Å²) in [6, 6.07) is 5.30. The summed E-state index contributed by atoms with van der Waals surface area (Å²) in [7, 11) is 0. The zero-order valence-electron chi connectivity index (χ0n) is 9.23. The number of carboxylic acids is 1.